The maximum absolute atomic E-state index is 12.2. The van der Waals surface area contributed by atoms with Gasteiger partial charge in [-0.2, -0.15) is 0 Å². The number of ether oxygens (including phenoxy) is 1. The van der Waals surface area contributed by atoms with Gasteiger partial charge in [-0.3, -0.25) is 4.79 Å². The molecule has 0 aliphatic carbocycles. The van der Waals surface area contributed by atoms with Crippen LogP contribution in [0.3, 0.4) is 0 Å². The Bertz CT molecular complexity index is 670. The van der Waals surface area contributed by atoms with E-state index in [-0.39, 0.29) is 5.78 Å². The van der Waals surface area contributed by atoms with Gasteiger partial charge in [-0.25, -0.2) is 0 Å². The molecule has 0 atom stereocenters. The highest BCUT2D eigenvalue weighted by Gasteiger charge is 2.03. The second-order valence-corrected chi connectivity index (χ2v) is 5.56. The Balaban J connectivity index is 1.98. The van der Waals surface area contributed by atoms with E-state index in [0.717, 1.165) is 35.7 Å². The second kappa shape index (κ2) is 8.18. The lowest BCUT2D eigenvalue weighted by Gasteiger charge is -2.09. The lowest BCUT2D eigenvalue weighted by atomic mass is 10.1. The van der Waals surface area contributed by atoms with E-state index >= 15 is 0 Å². The molecule has 0 aromatic heterocycles. The van der Waals surface area contributed by atoms with Gasteiger partial charge in [0.15, 0.2) is 5.78 Å². The lowest BCUT2D eigenvalue weighted by molar-refractivity contribution is 0.104. The number of rotatable bonds is 7. The smallest absolute Gasteiger partial charge is 0.187 e. The number of ketones is 1. The highest BCUT2D eigenvalue weighted by Crippen LogP contribution is 2.17. The molecule has 0 amide bonds. The molecule has 0 aliphatic rings. The molecule has 1 N–H and O–H groups in total. The summed E-state index contributed by atoms with van der Waals surface area (Å²) < 4.78 is 5.55. The fourth-order valence-corrected chi connectivity index (χ4v) is 2.12. The zero-order valence-corrected chi connectivity index (χ0v) is 13.9. The molecular formula is C20H23NO2. The van der Waals surface area contributed by atoms with Crippen molar-refractivity contribution in [2.24, 2.45) is 0 Å². The fourth-order valence-electron chi connectivity index (χ4n) is 2.12. The molecule has 3 heteroatoms. The first-order valence-electron chi connectivity index (χ1n) is 7.87. The van der Waals surface area contributed by atoms with Crippen molar-refractivity contribution in [3.05, 3.63) is 71.4 Å². The van der Waals surface area contributed by atoms with Gasteiger partial charge in [-0.15, -0.1) is 0 Å². The topological polar surface area (TPSA) is 38.3 Å². The van der Waals surface area contributed by atoms with Gasteiger partial charge in [0.05, 0.1) is 6.61 Å². The number of aryl methyl sites for hydroxylation is 1. The number of nitrogens with one attached hydrogen (secondary N) is 1. The van der Waals surface area contributed by atoms with E-state index in [4.69, 9.17) is 4.74 Å². The Kier molecular flexibility index (Phi) is 5.98. The Labute approximate surface area is 138 Å². The zero-order chi connectivity index (χ0) is 16.7. The molecule has 0 aliphatic heterocycles. The van der Waals surface area contributed by atoms with E-state index in [1.54, 1.807) is 6.08 Å². The minimum Gasteiger partial charge on any atom is -0.494 e. The highest BCUT2D eigenvalue weighted by atomic mass is 16.5. The van der Waals surface area contributed by atoms with Crippen molar-refractivity contribution in [3.8, 4) is 5.75 Å². The van der Waals surface area contributed by atoms with Gasteiger partial charge in [-0.1, -0.05) is 36.8 Å². The van der Waals surface area contributed by atoms with E-state index in [9.17, 15) is 4.79 Å². The quantitative estimate of drug-likeness (QED) is 0.579. The molecule has 3 nitrogen and oxygen atoms in total. The molecule has 0 radical (unpaired) electrons. The summed E-state index contributed by atoms with van der Waals surface area (Å²) in [6, 6.07) is 15.3. The van der Waals surface area contributed by atoms with Gasteiger partial charge >= 0.3 is 0 Å². The van der Waals surface area contributed by atoms with Crippen LogP contribution < -0.4 is 10.1 Å². The average molecular weight is 309 g/mol. The first-order chi connectivity index (χ1) is 11.1. The Morgan fingerprint density at radius 2 is 1.74 bits per heavy atom. The largest absolute Gasteiger partial charge is 0.494 e. The van der Waals surface area contributed by atoms with Gasteiger partial charge in [-0.05, 0) is 44.5 Å². The minimum absolute atomic E-state index is 0.00195. The number of allylic oxidation sites excluding steroid dienone is 2. The van der Waals surface area contributed by atoms with Gasteiger partial charge in [0, 0.05) is 23.0 Å². The summed E-state index contributed by atoms with van der Waals surface area (Å²) >= 11 is 0. The van der Waals surface area contributed by atoms with Crippen LogP contribution in [0.1, 0.15) is 36.2 Å². The third-order valence-electron chi connectivity index (χ3n) is 3.35. The van der Waals surface area contributed by atoms with E-state index in [2.05, 4.69) is 12.2 Å². The number of hydrogen-bond donors (Lipinski definition) is 1. The van der Waals surface area contributed by atoms with Crippen molar-refractivity contribution in [2.75, 3.05) is 11.9 Å². The summed E-state index contributed by atoms with van der Waals surface area (Å²) in [4.78, 5) is 12.2. The summed E-state index contributed by atoms with van der Waals surface area (Å²) in [5.41, 5.74) is 3.57. The van der Waals surface area contributed by atoms with E-state index in [1.165, 1.54) is 0 Å². The van der Waals surface area contributed by atoms with Gasteiger partial charge in [0.2, 0.25) is 0 Å². The molecule has 0 spiro atoms. The third-order valence-corrected chi connectivity index (χ3v) is 3.35. The first-order valence-corrected chi connectivity index (χ1v) is 7.87. The molecule has 0 heterocycles. The molecule has 2 rings (SSSR count). The number of carbonyl (C=O) groups excluding carboxylic acids is 1. The van der Waals surface area contributed by atoms with Crippen molar-refractivity contribution in [2.45, 2.75) is 27.2 Å². The summed E-state index contributed by atoms with van der Waals surface area (Å²) in [6.45, 7) is 6.68. The molecule has 2 aromatic rings. The van der Waals surface area contributed by atoms with E-state index < -0.39 is 0 Å². The molecule has 2 aromatic carbocycles. The van der Waals surface area contributed by atoms with Gasteiger partial charge in [0.25, 0.3) is 0 Å². The standard InChI is InChI=1S/C20H23NO2/c1-4-13-23-19-11-9-18(10-12-19)21-16(3)14-20(22)17-7-5-15(2)6-8-17/h5-12,14,21H,4,13H2,1-3H3/b16-14+. The number of anilines is 1. The van der Waals surface area contributed by atoms with Crippen LogP contribution in [0.5, 0.6) is 5.75 Å². The van der Waals surface area contributed by atoms with Crippen LogP contribution in [0.15, 0.2) is 60.3 Å². The van der Waals surface area contributed by atoms with Crippen molar-refractivity contribution in [1.82, 2.24) is 0 Å². The van der Waals surface area contributed by atoms with Gasteiger partial charge in [0.1, 0.15) is 5.75 Å². The maximum atomic E-state index is 12.2. The van der Waals surface area contributed by atoms with Crippen LogP contribution in [0.25, 0.3) is 0 Å². The monoisotopic (exact) mass is 309 g/mol. The van der Waals surface area contributed by atoms with Crippen molar-refractivity contribution in [1.29, 1.82) is 0 Å². The molecule has 0 saturated carbocycles. The van der Waals surface area contributed by atoms with Gasteiger partial charge < -0.3 is 10.1 Å². The number of hydrogen-bond acceptors (Lipinski definition) is 3. The molecule has 0 fully saturated rings. The minimum atomic E-state index is -0.00195. The molecule has 23 heavy (non-hydrogen) atoms. The predicted octanol–water partition coefficient (Wildman–Crippen LogP) is 4.98. The second-order valence-electron chi connectivity index (χ2n) is 5.56. The van der Waals surface area contributed by atoms with Crippen molar-refractivity contribution in [3.63, 3.8) is 0 Å². The Morgan fingerprint density at radius 3 is 2.35 bits per heavy atom. The number of carbonyl (C=O) groups is 1. The van der Waals surface area contributed by atoms with Crippen LogP contribution >= 0.6 is 0 Å². The van der Waals surface area contributed by atoms with Crippen LogP contribution in [0, 0.1) is 6.92 Å². The SMILES string of the molecule is CCCOc1ccc(N/C(C)=C/C(=O)c2ccc(C)cc2)cc1. The van der Waals surface area contributed by atoms with Crippen LogP contribution in [0.4, 0.5) is 5.69 Å². The first kappa shape index (κ1) is 16.8. The van der Waals surface area contributed by atoms with Crippen molar-refractivity contribution < 1.29 is 9.53 Å². The zero-order valence-electron chi connectivity index (χ0n) is 13.9. The Morgan fingerprint density at radius 1 is 1.09 bits per heavy atom. The predicted molar refractivity (Wildman–Crippen MR) is 95.1 cm³/mol. The molecule has 0 saturated heterocycles. The van der Waals surface area contributed by atoms with E-state index in [0.29, 0.717) is 5.56 Å². The van der Waals surface area contributed by atoms with Crippen molar-refractivity contribution >= 4 is 11.5 Å². The fraction of sp³-hybridized carbons (Fsp3) is 0.250. The lowest BCUT2D eigenvalue weighted by Crippen LogP contribution is -2.01. The maximum Gasteiger partial charge on any atom is 0.187 e. The molecule has 120 valence electrons. The number of benzene rings is 2. The Hall–Kier alpha value is -2.55. The molecule has 0 unspecified atom stereocenters. The molecular weight excluding hydrogens is 286 g/mol. The van der Waals surface area contributed by atoms with Crippen LogP contribution in [-0.4, -0.2) is 12.4 Å². The summed E-state index contributed by atoms with van der Waals surface area (Å²) in [7, 11) is 0. The molecule has 0 bridgehead atoms. The van der Waals surface area contributed by atoms with Crippen LogP contribution in [0.2, 0.25) is 0 Å². The third kappa shape index (κ3) is 5.29. The summed E-state index contributed by atoms with van der Waals surface area (Å²) in [6.07, 6.45) is 2.61. The average Bonchev–Trinajstić information content (AvgIpc) is 2.54. The van der Waals surface area contributed by atoms with E-state index in [1.807, 2.05) is 62.4 Å². The highest BCUT2D eigenvalue weighted by molar-refractivity contribution is 6.05. The normalized spacial score (nSPS) is 11.2. The summed E-state index contributed by atoms with van der Waals surface area (Å²) in [5.74, 6) is 0.854. The summed E-state index contributed by atoms with van der Waals surface area (Å²) in [5, 5.41) is 3.22. The van der Waals surface area contributed by atoms with Crippen LogP contribution in [-0.2, 0) is 0 Å².